The van der Waals surface area contributed by atoms with Crippen molar-refractivity contribution in [1.29, 1.82) is 0 Å². The smallest absolute Gasteiger partial charge is 0.269 e. The van der Waals surface area contributed by atoms with Crippen LogP contribution in [0.2, 0.25) is 0 Å². The van der Waals surface area contributed by atoms with Crippen LogP contribution in [0.4, 0.5) is 5.69 Å². The fourth-order valence-electron chi connectivity index (χ4n) is 1.17. The number of nitrogens with zero attached hydrogens (tertiary/aromatic N) is 1. The summed E-state index contributed by atoms with van der Waals surface area (Å²) in [7, 11) is 0. The van der Waals surface area contributed by atoms with E-state index in [0.717, 1.165) is 0 Å². The normalized spacial score (nSPS) is 11.4. The van der Waals surface area contributed by atoms with Crippen molar-refractivity contribution in [3.63, 3.8) is 0 Å². The Morgan fingerprint density at radius 1 is 1.42 bits per heavy atom. The van der Waals surface area contributed by atoms with Gasteiger partial charge in [0.05, 0.1) is 4.92 Å². The van der Waals surface area contributed by atoms with E-state index >= 15 is 0 Å². The second kappa shape index (κ2) is 6.34. The molecule has 0 aliphatic heterocycles. The van der Waals surface area contributed by atoms with Crippen LogP contribution in [-0.4, -0.2) is 29.4 Å². The van der Waals surface area contributed by atoms with Gasteiger partial charge < -0.3 is 15.8 Å². The molecule has 0 aliphatic carbocycles. The molecule has 1 atom stereocenters. The van der Waals surface area contributed by atoms with E-state index in [-0.39, 0.29) is 12.3 Å². The monoisotopic (exact) mass is 267 g/mol. The van der Waals surface area contributed by atoms with Crippen molar-refractivity contribution >= 4 is 17.5 Å². The first kappa shape index (κ1) is 14.4. The molecule has 1 aromatic carbocycles. The number of nitrogens with two attached hydrogens (primary N) is 1. The number of carbonyl (C=O) groups is 2. The van der Waals surface area contributed by atoms with E-state index in [4.69, 9.17) is 10.5 Å². The Morgan fingerprint density at radius 2 is 2.00 bits per heavy atom. The highest BCUT2D eigenvalue weighted by Crippen LogP contribution is 2.16. The van der Waals surface area contributed by atoms with Crippen LogP contribution in [0.5, 0.6) is 5.75 Å². The van der Waals surface area contributed by atoms with Crippen LogP contribution < -0.4 is 15.8 Å². The van der Waals surface area contributed by atoms with Gasteiger partial charge in [-0.3, -0.25) is 19.7 Å². The number of primary amides is 1. The maximum Gasteiger partial charge on any atom is 0.269 e. The minimum Gasteiger partial charge on any atom is -0.484 e. The average Bonchev–Trinajstić information content (AvgIpc) is 2.36. The van der Waals surface area contributed by atoms with Gasteiger partial charge in [0.25, 0.3) is 11.6 Å². The first-order valence-electron chi connectivity index (χ1n) is 5.36. The summed E-state index contributed by atoms with van der Waals surface area (Å²) in [4.78, 5) is 32.0. The predicted molar refractivity (Wildman–Crippen MR) is 65.4 cm³/mol. The number of hydrogen-bond acceptors (Lipinski definition) is 5. The molecule has 19 heavy (non-hydrogen) atoms. The van der Waals surface area contributed by atoms with Gasteiger partial charge in [-0.05, 0) is 19.1 Å². The number of amides is 2. The largest absolute Gasteiger partial charge is 0.484 e. The van der Waals surface area contributed by atoms with Gasteiger partial charge in [0, 0.05) is 12.1 Å². The Bertz CT molecular complexity index is 486. The second-order valence-electron chi connectivity index (χ2n) is 3.73. The van der Waals surface area contributed by atoms with Gasteiger partial charge in [-0.2, -0.15) is 0 Å². The molecule has 8 nitrogen and oxygen atoms in total. The van der Waals surface area contributed by atoms with Crippen LogP contribution in [0, 0.1) is 10.1 Å². The van der Waals surface area contributed by atoms with Crippen molar-refractivity contribution in [2.75, 3.05) is 6.61 Å². The van der Waals surface area contributed by atoms with Crippen LogP contribution in [0.3, 0.4) is 0 Å². The predicted octanol–water partition coefficient (Wildman–Crippen LogP) is -0.0364. The molecule has 102 valence electrons. The van der Waals surface area contributed by atoms with Crippen LogP contribution in [0.25, 0.3) is 0 Å². The van der Waals surface area contributed by atoms with Crippen molar-refractivity contribution in [2.24, 2.45) is 5.73 Å². The molecule has 0 bridgehead atoms. The highest BCUT2D eigenvalue weighted by Gasteiger charge is 2.12. The maximum absolute atomic E-state index is 11.4. The van der Waals surface area contributed by atoms with E-state index in [0.29, 0.717) is 5.75 Å². The van der Waals surface area contributed by atoms with Gasteiger partial charge in [-0.1, -0.05) is 0 Å². The Hall–Kier alpha value is -2.64. The van der Waals surface area contributed by atoms with Crippen molar-refractivity contribution in [3.05, 3.63) is 34.4 Å². The molecule has 0 radical (unpaired) electrons. The van der Waals surface area contributed by atoms with E-state index < -0.39 is 22.8 Å². The first-order valence-corrected chi connectivity index (χ1v) is 5.36. The minimum atomic E-state index is -0.784. The Morgan fingerprint density at radius 3 is 2.47 bits per heavy atom. The quantitative estimate of drug-likeness (QED) is 0.552. The van der Waals surface area contributed by atoms with Gasteiger partial charge in [0.1, 0.15) is 11.8 Å². The zero-order chi connectivity index (χ0) is 14.4. The molecule has 0 aliphatic rings. The molecule has 0 saturated carbocycles. The molecule has 0 aromatic heterocycles. The lowest BCUT2D eigenvalue weighted by molar-refractivity contribution is -0.384. The molecular weight excluding hydrogens is 254 g/mol. The lowest BCUT2D eigenvalue weighted by Crippen LogP contribution is -2.44. The third kappa shape index (κ3) is 4.62. The summed E-state index contributed by atoms with van der Waals surface area (Å²) in [5.74, 6) is -0.846. The van der Waals surface area contributed by atoms with E-state index in [1.54, 1.807) is 0 Å². The Labute approximate surface area is 108 Å². The number of ether oxygens (including phenoxy) is 1. The first-order chi connectivity index (χ1) is 8.90. The van der Waals surface area contributed by atoms with Crippen LogP contribution in [0.15, 0.2) is 24.3 Å². The summed E-state index contributed by atoms with van der Waals surface area (Å²) in [5, 5.41) is 12.8. The van der Waals surface area contributed by atoms with E-state index in [1.165, 1.54) is 31.2 Å². The van der Waals surface area contributed by atoms with E-state index in [9.17, 15) is 19.7 Å². The van der Waals surface area contributed by atoms with Crippen molar-refractivity contribution < 1.29 is 19.2 Å². The molecule has 8 heteroatoms. The summed E-state index contributed by atoms with van der Waals surface area (Å²) in [6, 6.07) is 4.50. The van der Waals surface area contributed by atoms with E-state index in [1.807, 2.05) is 0 Å². The van der Waals surface area contributed by atoms with Crippen molar-refractivity contribution in [1.82, 2.24) is 5.32 Å². The standard InChI is InChI=1S/C11H13N3O5/c1-7(11(12)16)13-10(15)6-19-9-4-2-8(3-5-9)14(17)18/h2-5,7H,6H2,1H3,(H2,12,16)(H,13,15). The number of non-ortho nitro benzene ring substituents is 1. The molecule has 2 amide bonds. The van der Waals surface area contributed by atoms with Crippen LogP contribution >= 0.6 is 0 Å². The fraction of sp³-hybridized carbons (Fsp3) is 0.273. The number of nitrogens with one attached hydrogen (secondary N) is 1. The molecule has 0 spiro atoms. The molecule has 1 unspecified atom stereocenters. The van der Waals surface area contributed by atoms with Gasteiger partial charge >= 0.3 is 0 Å². The SMILES string of the molecule is CC(NC(=O)COc1ccc([N+](=O)[O-])cc1)C(N)=O. The van der Waals surface area contributed by atoms with Crippen molar-refractivity contribution in [3.8, 4) is 5.75 Å². The Balaban J connectivity index is 2.46. The lowest BCUT2D eigenvalue weighted by atomic mass is 10.3. The summed E-state index contributed by atoms with van der Waals surface area (Å²) in [6.07, 6.45) is 0. The highest BCUT2D eigenvalue weighted by molar-refractivity contribution is 5.86. The van der Waals surface area contributed by atoms with Gasteiger partial charge in [-0.25, -0.2) is 0 Å². The summed E-state index contributed by atoms with van der Waals surface area (Å²) < 4.78 is 5.10. The summed E-state index contributed by atoms with van der Waals surface area (Å²) >= 11 is 0. The number of carbonyl (C=O) groups excluding carboxylic acids is 2. The van der Waals surface area contributed by atoms with Gasteiger partial charge in [-0.15, -0.1) is 0 Å². The van der Waals surface area contributed by atoms with Gasteiger partial charge in [0.15, 0.2) is 6.61 Å². The topological polar surface area (TPSA) is 125 Å². The highest BCUT2D eigenvalue weighted by atomic mass is 16.6. The molecule has 3 N–H and O–H groups in total. The maximum atomic E-state index is 11.4. The zero-order valence-corrected chi connectivity index (χ0v) is 10.2. The minimum absolute atomic E-state index is 0.0702. The third-order valence-corrected chi connectivity index (χ3v) is 2.22. The molecular formula is C11H13N3O5. The van der Waals surface area contributed by atoms with Crippen LogP contribution in [-0.2, 0) is 9.59 Å². The summed E-state index contributed by atoms with van der Waals surface area (Å²) in [6.45, 7) is 1.14. The molecule has 0 saturated heterocycles. The van der Waals surface area contributed by atoms with Crippen LogP contribution in [0.1, 0.15) is 6.92 Å². The number of hydrogen-bond donors (Lipinski definition) is 2. The fourth-order valence-corrected chi connectivity index (χ4v) is 1.17. The zero-order valence-electron chi connectivity index (χ0n) is 10.2. The van der Waals surface area contributed by atoms with Gasteiger partial charge in [0.2, 0.25) is 5.91 Å². The average molecular weight is 267 g/mol. The summed E-state index contributed by atoms with van der Waals surface area (Å²) in [5.41, 5.74) is 4.91. The number of nitro groups is 1. The third-order valence-electron chi connectivity index (χ3n) is 2.22. The number of rotatable bonds is 6. The molecule has 1 aromatic rings. The van der Waals surface area contributed by atoms with Crippen molar-refractivity contribution in [2.45, 2.75) is 13.0 Å². The number of nitro benzene ring substituents is 1. The second-order valence-corrected chi connectivity index (χ2v) is 3.73. The van der Waals surface area contributed by atoms with E-state index in [2.05, 4.69) is 5.32 Å². The molecule has 0 fully saturated rings. The Kier molecular flexibility index (Phi) is 4.81. The molecule has 1 rings (SSSR count). The number of benzene rings is 1. The molecule has 0 heterocycles. The lowest BCUT2D eigenvalue weighted by Gasteiger charge is -2.10.